The number of aromatic hydroxyl groups is 2. The first-order valence-electron chi connectivity index (χ1n) is 7.89. The summed E-state index contributed by atoms with van der Waals surface area (Å²) in [7, 11) is -5.14. The molecular weight excluding hydrogens is 482 g/mol. The van der Waals surface area contributed by atoms with Gasteiger partial charge in [0.2, 0.25) is 0 Å². The van der Waals surface area contributed by atoms with E-state index in [0.717, 1.165) is 12.1 Å². The average molecular weight is 494 g/mol. The van der Waals surface area contributed by atoms with Crippen molar-refractivity contribution in [3.63, 3.8) is 0 Å². The molecule has 0 saturated heterocycles. The van der Waals surface area contributed by atoms with Gasteiger partial charge in [-0.1, -0.05) is 64.6 Å². The van der Waals surface area contributed by atoms with Crippen molar-refractivity contribution in [1.29, 1.82) is 0 Å². The second-order valence-corrected chi connectivity index (χ2v) is 9.28. The molecule has 0 bridgehead atoms. The van der Waals surface area contributed by atoms with Crippen molar-refractivity contribution in [3.8, 4) is 11.5 Å². The molecule has 3 aromatic carbocycles. The molecular formula is C19H12Cl4O5S. The number of phenolic OH excluding ortho intramolecular Hbond substituents is 2. The zero-order valence-corrected chi connectivity index (χ0v) is 18.1. The minimum Gasteiger partial charge on any atom is -0.508 e. The highest BCUT2D eigenvalue weighted by Gasteiger charge is 2.52. The van der Waals surface area contributed by atoms with Crippen LogP contribution in [0.3, 0.4) is 0 Å². The van der Waals surface area contributed by atoms with Gasteiger partial charge in [-0.15, -0.1) is 0 Å². The van der Waals surface area contributed by atoms with Crippen molar-refractivity contribution < 1.29 is 23.2 Å². The molecule has 0 aliphatic heterocycles. The van der Waals surface area contributed by atoms with E-state index in [1.807, 2.05) is 0 Å². The molecule has 0 spiro atoms. The first-order valence-corrected chi connectivity index (χ1v) is 10.8. The normalized spacial score (nSPS) is 13.8. The zero-order valence-electron chi connectivity index (χ0n) is 14.3. The van der Waals surface area contributed by atoms with E-state index in [-0.39, 0.29) is 37.5 Å². The molecule has 0 fully saturated rings. The van der Waals surface area contributed by atoms with E-state index < -0.39 is 25.6 Å². The number of benzene rings is 3. The lowest BCUT2D eigenvalue weighted by Gasteiger charge is -2.34. The fourth-order valence-corrected chi connectivity index (χ4v) is 5.72. The highest BCUT2D eigenvalue weighted by atomic mass is 35.5. The molecule has 0 heterocycles. The van der Waals surface area contributed by atoms with Crippen molar-refractivity contribution in [1.82, 2.24) is 0 Å². The van der Waals surface area contributed by atoms with Gasteiger partial charge >= 0.3 is 0 Å². The van der Waals surface area contributed by atoms with Crippen LogP contribution in [0.2, 0.25) is 20.1 Å². The molecule has 29 heavy (non-hydrogen) atoms. The van der Waals surface area contributed by atoms with Crippen LogP contribution in [0, 0.1) is 0 Å². The highest BCUT2D eigenvalue weighted by Crippen LogP contribution is 2.52. The molecule has 5 nitrogen and oxygen atoms in total. The Hall–Kier alpha value is -1.67. The molecule has 10 heteroatoms. The van der Waals surface area contributed by atoms with Crippen molar-refractivity contribution >= 4 is 56.5 Å². The van der Waals surface area contributed by atoms with Crippen LogP contribution >= 0.6 is 46.4 Å². The highest BCUT2D eigenvalue weighted by molar-refractivity contribution is 7.87. The molecule has 0 aromatic heterocycles. The van der Waals surface area contributed by atoms with Crippen molar-refractivity contribution in [3.05, 3.63) is 91.4 Å². The van der Waals surface area contributed by atoms with Crippen LogP contribution in [0.5, 0.6) is 11.5 Å². The number of hydrogen-bond donors (Lipinski definition) is 3. The largest absolute Gasteiger partial charge is 0.508 e. The maximum absolute atomic E-state index is 13.0. The van der Waals surface area contributed by atoms with Crippen molar-refractivity contribution in [2.45, 2.75) is 4.75 Å². The Morgan fingerprint density at radius 3 is 2.00 bits per heavy atom. The number of phenols is 2. The molecule has 0 radical (unpaired) electrons. The van der Waals surface area contributed by atoms with Crippen molar-refractivity contribution in [2.75, 3.05) is 0 Å². The summed E-state index contributed by atoms with van der Waals surface area (Å²) in [6.07, 6.45) is 0. The Morgan fingerprint density at radius 1 is 0.759 bits per heavy atom. The topological polar surface area (TPSA) is 94.8 Å². The predicted molar refractivity (Wildman–Crippen MR) is 114 cm³/mol. The lowest BCUT2D eigenvalue weighted by Crippen LogP contribution is -2.39. The SMILES string of the molecule is O=S(=O)(O)C(c1ccccc1Cl)(c1cc(O)ccc1Cl)c1cc(Cl)cc(O)c1Cl. The van der Waals surface area contributed by atoms with E-state index in [1.54, 1.807) is 6.07 Å². The van der Waals surface area contributed by atoms with Crippen LogP contribution in [0.4, 0.5) is 0 Å². The van der Waals surface area contributed by atoms with E-state index >= 15 is 0 Å². The minimum absolute atomic E-state index is 0.0416. The molecule has 1 atom stereocenters. The summed E-state index contributed by atoms with van der Waals surface area (Å²) in [5, 5.41) is 19.6. The fourth-order valence-electron chi connectivity index (χ4n) is 3.21. The van der Waals surface area contributed by atoms with Gasteiger partial charge in [0.1, 0.15) is 11.5 Å². The molecule has 3 aromatic rings. The van der Waals surface area contributed by atoms with Gasteiger partial charge in [0.05, 0.1) is 5.02 Å². The summed E-state index contributed by atoms with van der Waals surface area (Å²) in [5.41, 5.74) is -0.647. The number of rotatable bonds is 4. The first-order chi connectivity index (χ1) is 13.5. The molecule has 3 N–H and O–H groups in total. The lowest BCUT2D eigenvalue weighted by atomic mass is 9.83. The van der Waals surface area contributed by atoms with Gasteiger partial charge in [-0.05, 0) is 30.3 Å². The predicted octanol–water partition coefficient (Wildman–Crippen LogP) is 5.89. The van der Waals surface area contributed by atoms with Crippen molar-refractivity contribution in [2.24, 2.45) is 0 Å². The van der Waals surface area contributed by atoms with E-state index in [1.165, 1.54) is 36.4 Å². The average Bonchev–Trinajstić information content (AvgIpc) is 2.62. The number of halogens is 4. The Kier molecular flexibility index (Phi) is 5.98. The monoisotopic (exact) mass is 492 g/mol. The van der Waals surface area contributed by atoms with Gasteiger partial charge in [0.25, 0.3) is 10.1 Å². The summed E-state index contributed by atoms with van der Waals surface area (Å²) < 4.78 is 34.0. The molecule has 0 saturated carbocycles. The second-order valence-electron chi connectivity index (χ2n) is 6.09. The van der Waals surface area contributed by atoms with Gasteiger partial charge in [0, 0.05) is 37.8 Å². The fraction of sp³-hybridized carbons (Fsp3) is 0.0526. The summed E-state index contributed by atoms with van der Waals surface area (Å²) >= 11 is 24.9. The minimum atomic E-state index is -5.14. The molecule has 0 aliphatic carbocycles. The third-order valence-corrected chi connectivity index (χ3v) is 7.08. The Labute approximate surface area is 186 Å². The Morgan fingerprint density at radius 2 is 1.38 bits per heavy atom. The maximum Gasteiger partial charge on any atom is 0.283 e. The summed E-state index contributed by atoms with van der Waals surface area (Å²) in [6, 6.07) is 11.6. The summed E-state index contributed by atoms with van der Waals surface area (Å²) in [4.78, 5) is 0. The lowest BCUT2D eigenvalue weighted by molar-refractivity contribution is 0.455. The molecule has 0 amide bonds. The Balaban J connectivity index is 2.68. The molecule has 3 rings (SSSR count). The van der Waals surface area contributed by atoms with Gasteiger partial charge in [-0.2, -0.15) is 8.42 Å². The second kappa shape index (κ2) is 7.87. The van der Waals surface area contributed by atoms with E-state index in [2.05, 4.69) is 0 Å². The third kappa shape index (κ3) is 3.65. The van der Waals surface area contributed by atoms with Crippen LogP contribution in [-0.4, -0.2) is 23.2 Å². The van der Waals surface area contributed by atoms with Crippen LogP contribution in [-0.2, 0) is 14.9 Å². The van der Waals surface area contributed by atoms with Gasteiger partial charge in [-0.3, -0.25) is 4.55 Å². The standard InChI is InChI=1S/C19H12Cl4O5S/c20-10-7-14(18(23)17(25)8-10)19(29(26,27)28,12-3-1-2-4-15(12)21)13-9-11(24)5-6-16(13)22/h1-9,24-25H,(H,26,27,28). The quantitative estimate of drug-likeness (QED) is 0.311. The van der Waals surface area contributed by atoms with Gasteiger partial charge in [0.15, 0.2) is 4.75 Å². The van der Waals surface area contributed by atoms with E-state index in [9.17, 15) is 23.2 Å². The van der Waals surface area contributed by atoms with Gasteiger partial charge < -0.3 is 10.2 Å². The van der Waals surface area contributed by atoms with Crippen LogP contribution in [0.1, 0.15) is 16.7 Å². The first kappa shape index (κ1) is 22.0. The van der Waals surface area contributed by atoms with Crippen LogP contribution in [0.15, 0.2) is 54.6 Å². The van der Waals surface area contributed by atoms with E-state index in [0.29, 0.717) is 0 Å². The smallest absolute Gasteiger partial charge is 0.283 e. The molecule has 1 unspecified atom stereocenters. The summed E-state index contributed by atoms with van der Waals surface area (Å²) in [5.74, 6) is -0.850. The van der Waals surface area contributed by atoms with Crippen LogP contribution in [0.25, 0.3) is 0 Å². The molecule has 0 aliphatic rings. The van der Waals surface area contributed by atoms with Crippen LogP contribution < -0.4 is 0 Å². The van der Waals surface area contributed by atoms with Gasteiger partial charge in [-0.25, -0.2) is 0 Å². The van der Waals surface area contributed by atoms with E-state index in [4.69, 9.17) is 46.4 Å². The molecule has 152 valence electrons. The number of hydrogen-bond acceptors (Lipinski definition) is 4. The summed E-state index contributed by atoms with van der Waals surface area (Å²) in [6.45, 7) is 0. The maximum atomic E-state index is 13.0. The Bertz CT molecular complexity index is 1210. The zero-order chi connectivity index (χ0) is 21.6. The third-order valence-electron chi connectivity index (χ3n) is 4.37.